The van der Waals surface area contributed by atoms with E-state index in [0.29, 0.717) is 33.2 Å². The van der Waals surface area contributed by atoms with Gasteiger partial charge < -0.3 is 5.32 Å². The van der Waals surface area contributed by atoms with Crippen molar-refractivity contribution in [3.8, 4) is 0 Å². The van der Waals surface area contributed by atoms with Crippen LogP contribution in [0.1, 0.15) is 47.5 Å². The molecule has 0 saturated heterocycles. The first-order valence-electron chi connectivity index (χ1n) is 9.86. The number of nitrogens with one attached hydrogen (secondary N) is 1. The fourth-order valence-electron chi connectivity index (χ4n) is 3.15. The fraction of sp³-hybridized carbons (Fsp3) is 0.364. The largest absolute Gasteiger partial charge is 0.325 e. The molecule has 0 unspecified atom stereocenters. The summed E-state index contributed by atoms with van der Waals surface area (Å²) >= 11 is 2.75. The number of para-hydroxylation sites is 1. The summed E-state index contributed by atoms with van der Waals surface area (Å²) in [5, 5.41) is 4.03. The number of fused-ring (bicyclic) bond motifs is 1. The first-order chi connectivity index (χ1) is 14.3. The molecule has 30 heavy (non-hydrogen) atoms. The van der Waals surface area contributed by atoms with Crippen LogP contribution in [0.2, 0.25) is 0 Å². The number of hydrogen-bond donors (Lipinski definition) is 1. The van der Waals surface area contributed by atoms with Gasteiger partial charge in [-0.15, -0.1) is 11.3 Å². The molecule has 0 aliphatic carbocycles. The number of unbranched alkanes of at least 4 members (excludes halogenated alkanes) is 1. The van der Waals surface area contributed by atoms with Gasteiger partial charge in [0.25, 0.3) is 5.56 Å². The quantitative estimate of drug-likeness (QED) is 0.307. The molecule has 1 N–H and O–H groups in total. The highest BCUT2D eigenvalue weighted by Crippen LogP contribution is 2.28. The number of aromatic nitrogens is 2. The molecular formula is C22H25N3O3S2. The number of Topliss-reactive ketones (excluding diaryl/α,β-unsaturated/α-hetero) is 1. The minimum Gasteiger partial charge on any atom is -0.325 e. The van der Waals surface area contributed by atoms with E-state index in [1.807, 2.05) is 13.8 Å². The first kappa shape index (κ1) is 22.2. The third-order valence-electron chi connectivity index (χ3n) is 4.90. The summed E-state index contributed by atoms with van der Waals surface area (Å²) in [7, 11) is 0. The minimum absolute atomic E-state index is 0.0415. The Kier molecular flexibility index (Phi) is 7.10. The summed E-state index contributed by atoms with van der Waals surface area (Å²) in [6, 6.07) is 6.93. The molecule has 1 amide bonds. The van der Waals surface area contributed by atoms with Gasteiger partial charge in [-0.25, -0.2) is 4.98 Å². The number of ketones is 1. The highest BCUT2D eigenvalue weighted by Gasteiger charge is 2.18. The predicted octanol–water partition coefficient (Wildman–Crippen LogP) is 4.81. The highest BCUT2D eigenvalue weighted by molar-refractivity contribution is 7.99. The summed E-state index contributed by atoms with van der Waals surface area (Å²) in [5.41, 5.74) is 1.90. The molecule has 0 fully saturated rings. The van der Waals surface area contributed by atoms with E-state index in [9.17, 15) is 14.4 Å². The van der Waals surface area contributed by atoms with E-state index in [2.05, 4.69) is 12.2 Å². The van der Waals surface area contributed by atoms with Crippen LogP contribution < -0.4 is 10.9 Å². The maximum absolute atomic E-state index is 13.1. The second-order valence-corrected chi connectivity index (χ2v) is 9.25. The van der Waals surface area contributed by atoms with Crippen LogP contribution in [0.25, 0.3) is 10.2 Å². The van der Waals surface area contributed by atoms with E-state index in [-0.39, 0.29) is 23.0 Å². The van der Waals surface area contributed by atoms with E-state index >= 15 is 0 Å². The lowest BCUT2D eigenvalue weighted by Gasteiger charge is -2.12. The molecule has 2 aromatic heterocycles. The number of thiophene rings is 1. The van der Waals surface area contributed by atoms with Crippen molar-refractivity contribution in [2.24, 2.45) is 0 Å². The Hall–Kier alpha value is -2.45. The molecule has 0 aliphatic rings. The van der Waals surface area contributed by atoms with Crippen molar-refractivity contribution >= 4 is 50.7 Å². The van der Waals surface area contributed by atoms with Crippen LogP contribution in [-0.4, -0.2) is 27.0 Å². The molecule has 0 atom stereocenters. The van der Waals surface area contributed by atoms with Gasteiger partial charge in [-0.05, 0) is 44.9 Å². The van der Waals surface area contributed by atoms with Gasteiger partial charge in [-0.3, -0.25) is 19.0 Å². The molecule has 0 aliphatic heterocycles. The summed E-state index contributed by atoms with van der Waals surface area (Å²) < 4.78 is 1.69. The average molecular weight is 444 g/mol. The van der Waals surface area contributed by atoms with Crippen molar-refractivity contribution in [2.75, 3.05) is 11.1 Å². The van der Waals surface area contributed by atoms with Crippen molar-refractivity contribution in [3.05, 3.63) is 50.6 Å². The molecule has 8 heteroatoms. The Bertz CT molecular complexity index is 1160. The molecule has 0 saturated carbocycles. The van der Waals surface area contributed by atoms with E-state index < -0.39 is 0 Å². The summed E-state index contributed by atoms with van der Waals surface area (Å²) in [6.07, 6.45) is 1.82. The van der Waals surface area contributed by atoms with Crippen LogP contribution in [0.15, 0.2) is 34.2 Å². The van der Waals surface area contributed by atoms with E-state index in [0.717, 1.165) is 23.3 Å². The molecule has 3 aromatic rings. The number of aryl methyl sites for hydroxylation is 2. The number of carbonyl (C=O) groups is 2. The van der Waals surface area contributed by atoms with Gasteiger partial charge in [0, 0.05) is 17.0 Å². The normalized spacial score (nSPS) is 11.1. The molecule has 3 rings (SSSR count). The number of thioether (sulfide) groups is 1. The van der Waals surface area contributed by atoms with E-state index in [1.165, 1.54) is 30.0 Å². The molecule has 2 heterocycles. The lowest BCUT2D eigenvalue weighted by atomic mass is 10.1. The van der Waals surface area contributed by atoms with E-state index in [4.69, 9.17) is 4.98 Å². The zero-order valence-electron chi connectivity index (χ0n) is 17.6. The molecule has 0 spiro atoms. The number of amides is 1. The second-order valence-electron chi connectivity index (χ2n) is 7.11. The van der Waals surface area contributed by atoms with Crippen molar-refractivity contribution in [1.29, 1.82) is 0 Å². The molecular weight excluding hydrogens is 418 g/mol. The molecule has 158 valence electrons. The van der Waals surface area contributed by atoms with Gasteiger partial charge in [0.2, 0.25) is 5.91 Å². The van der Waals surface area contributed by atoms with Crippen LogP contribution in [0, 0.1) is 13.8 Å². The Labute approximate surface area is 183 Å². The summed E-state index contributed by atoms with van der Waals surface area (Å²) in [6.45, 7) is 8.06. The number of anilines is 1. The number of carbonyl (C=O) groups excluding carboxylic acids is 2. The number of rotatable bonds is 8. The Morgan fingerprint density at radius 3 is 2.67 bits per heavy atom. The zero-order valence-corrected chi connectivity index (χ0v) is 19.2. The summed E-state index contributed by atoms with van der Waals surface area (Å²) in [4.78, 5) is 43.9. The molecule has 6 nitrogen and oxygen atoms in total. The fourth-order valence-corrected chi connectivity index (χ4v) is 5.04. The van der Waals surface area contributed by atoms with Crippen LogP contribution in [0.5, 0.6) is 0 Å². The number of benzene rings is 1. The lowest BCUT2D eigenvalue weighted by Crippen LogP contribution is -2.24. The SMILES string of the molecule is CCCCn1c(SCC(=O)Nc2ccccc2C(C)=O)nc2sc(C)c(C)c2c1=O. The Morgan fingerprint density at radius 2 is 1.97 bits per heavy atom. The lowest BCUT2D eigenvalue weighted by molar-refractivity contribution is -0.113. The minimum atomic E-state index is -0.247. The maximum atomic E-state index is 13.1. The maximum Gasteiger partial charge on any atom is 0.263 e. The summed E-state index contributed by atoms with van der Waals surface area (Å²) in [5.74, 6) is -0.259. The van der Waals surface area contributed by atoms with Gasteiger partial charge in [0.1, 0.15) is 4.83 Å². The average Bonchev–Trinajstić information content (AvgIpc) is 3.00. The molecule has 0 bridgehead atoms. The predicted molar refractivity (Wildman–Crippen MR) is 124 cm³/mol. The second kappa shape index (κ2) is 9.57. The van der Waals surface area contributed by atoms with Crippen LogP contribution in [0.4, 0.5) is 5.69 Å². The monoisotopic (exact) mass is 443 g/mol. The standard InChI is InChI=1S/C22H25N3O3S2/c1-5-6-11-25-21(28)19-13(2)15(4)30-20(19)24-22(25)29-12-18(27)23-17-10-8-7-9-16(17)14(3)26/h7-10H,5-6,11-12H2,1-4H3,(H,23,27). The van der Waals surface area contributed by atoms with Gasteiger partial charge in [0.05, 0.1) is 16.8 Å². The number of hydrogen-bond acceptors (Lipinski definition) is 6. The smallest absolute Gasteiger partial charge is 0.263 e. The van der Waals surface area contributed by atoms with Gasteiger partial charge >= 0.3 is 0 Å². The molecule has 0 radical (unpaired) electrons. The zero-order chi connectivity index (χ0) is 21.8. The van der Waals surface area contributed by atoms with Crippen LogP contribution in [0.3, 0.4) is 0 Å². The third kappa shape index (κ3) is 4.65. The van der Waals surface area contributed by atoms with Gasteiger partial charge in [0.15, 0.2) is 10.9 Å². The van der Waals surface area contributed by atoms with Crippen molar-refractivity contribution in [1.82, 2.24) is 9.55 Å². The third-order valence-corrected chi connectivity index (χ3v) is 6.98. The topological polar surface area (TPSA) is 81.1 Å². The Morgan fingerprint density at radius 1 is 1.23 bits per heavy atom. The first-order valence-corrected chi connectivity index (χ1v) is 11.7. The van der Waals surface area contributed by atoms with Crippen molar-refractivity contribution in [3.63, 3.8) is 0 Å². The number of nitrogens with zero attached hydrogens (tertiary/aromatic N) is 2. The van der Waals surface area contributed by atoms with Crippen molar-refractivity contribution < 1.29 is 9.59 Å². The van der Waals surface area contributed by atoms with Gasteiger partial charge in [-0.2, -0.15) is 0 Å². The van der Waals surface area contributed by atoms with Crippen LogP contribution in [-0.2, 0) is 11.3 Å². The Balaban J connectivity index is 1.85. The van der Waals surface area contributed by atoms with E-state index in [1.54, 1.807) is 28.8 Å². The highest BCUT2D eigenvalue weighted by atomic mass is 32.2. The van der Waals surface area contributed by atoms with Crippen molar-refractivity contribution in [2.45, 2.75) is 52.2 Å². The molecule has 1 aromatic carbocycles. The van der Waals surface area contributed by atoms with Crippen LogP contribution >= 0.6 is 23.1 Å². The van der Waals surface area contributed by atoms with Gasteiger partial charge in [-0.1, -0.05) is 37.2 Å².